The lowest BCUT2D eigenvalue weighted by Gasteiger charge is -2.36. The number of phenolic OH excluding ortho intramolecular Hbond substituents is 1. The second-order valence-electron chi connectivity index (χ2n) is 7.03. The number of para-hydroxylation sites is 1. The first kappa shape index (κ1) is 20.5. The van der Waals surface area contributed by atoms with Crippen LogP contribution in [0.1, 0.15) is 26.3 Å². The molecule has 0 fully saturated rings. The Bertz CT molecular complexity index is 743. The molecule has 27 heavy (non-hydrogen) atoms. The van der Waals surface area contributed by atoms with E-state index in [0.29, 0.717) is 24.4 Å². The Morgan fingerprint density at radius 2 is 2.15 bits per heavy atom. The number of nitrogens with one attached hydrogen (secondary N) is 1. The molecule has 1 heterocycles. The van der Waals surface area contributed by atoms with Crippen LogP contribution in [0.25, 0.3) is 0 Å². The van der Waals surface area contributed by atoms with Crippen molar-refractivity contribution in [1.29, 1.82) is 0 Å². The number of carbonyl (C=O) groups excluding carboxylic acids is 1. The molecule has 0 saturated heterocycles. The molecule has 0 bridgehead atoms. The van der Waals surface area contributed by atoms with Gasteiger partial charge in [0.2, 0.25) is 11.9 Å². The number of hydrogen-bond acceptors (Lipinski definition) is 6. The van der Waals surface area contributed by atoms with Gasteiger partial charge in [-0.15, -0.1) is 0 Å². The van der Waals surface area contributed by atoms with Crippen LogP contribution in [0.2, 0.25) is 0 Å². The lowest BCUT2D eigenvalue weighted by molar-refractivity contribution is -0.132. The summed E-state index contributed by atoms with van der Waals surface area (Å²) in [6.07, 6.45) is 0.471. The minimum atomic E-state index is -0.467. The zero-order valence-corrected chi connectivity index (χ0v) is 16.9. The number of rotatable bonds is 5. The van der Waals surface area contributed by atoms with Gasteiger partial charge in [-0.1, -0.05) is 26.0 Å². The summed E-state index contributed by atoms with van der Waals surface area (Å²) >= 11 is 0. The third kappa shape index (κ3) is 5.12. The Balaban J connectivity index is 2.14. The minimum Gasteiger partial charge on any atom is -0.504 e. The summed E-state index contributed by atoms with van der Waals surface area (Å²) in [7, 11) is 5.82. The van der Waals surface area contributed by atoms with E-state index in [0.717, 1.165) is 11.9 Å². The van der Waals surface area contributed by atoms with Gasteiger partial charge in [0, 0.05) is 34.6 Å². The fraction of sp³-hybridized carbons (Fsp3) is 0.526. The standard InChI is InChI=1S/C19H29N5O3/c1-12(2)17-21-18(24(6)19(22-17)23(4)5)20-11-10-14-8-7-9-15(16(14)26)27-13(3)25/h7-9,12,17,26H,10-11H2,1-6H3,(H,20,21). The zero-order chi connectivity index (χ0) is 20.1. The van der Waals surface area contributed by atoms with Gasteiger partial charge in [-0.05, 0) is 24.0 Å². The molecule has 0 radical (unpaired) electrons. The van der Waals surface area contributed by atoms with E-state index in [9.17, 15) is 9.90 Å². The second-order valence-corrected chi connectivity index (χ2v) is 7.03. The molecular weight excluding hydrogens is 346 g/mol. The topological polar surface area (TPSA) is 89.8 Å². The lowest BCUT2D eigenvalue weighted by Crippen LogP contribution is -2.56. The molecule has 0 aromatic heterocycles. The number of phenols is 1. The molecule has 8 nitrogen and oxygen atoms in total. The predicted octanol–water partition coefficient (Wildman–Crippen LogP) is 1.65. The van der Waals surface area contributed by atoms with E-state index in [-0.39, 0.29) is 17.7 Å². The van der Waals surface area contributed by atoms with Crippen LogP contribution >= 0.6 is 0 Å². The van der Waals surface area contributed by atoms with Crippen LogP contribution in [0.5, 0.6) is 11.5 Å². The molecule has 0 aliphatic carbocycles. The highest BCUT2D eigenvalue weighted by atomic mass is 16.5. The van der Waals surface area contributed by atoms with Crippen LogP contribution in [0, 0.1) is 5.92 Å². The van der Waals surface area contributed by atoms with Gasteiger partial charge >= 0.3 is 5.97 Å². The van der Waals surface area contributed by atoms with Crippen LogP contribution in [0.4, 0.5) is 0 Å². The number of aliphatic imine (C=N–C) groups is 2. The first-order valence-electron chi connectivity index (χ1n) is 8.99. The first-order valence-corrected chi connectivity index (χ1v) is 8.99. The summed E-state index contributed by atoms with van der Waals surface area (Å²) in [5.74, 6) is 1.58. The quantitative estimate of drug-likeness (QED) is 0.601. The van der Waals surface area contributed by atoms with Crippen LogP contribution < -0.4 is 10.1 Å². The number of hydrogen-bond donors (Lipinski definition) is 2. The molecule has 1 unspecified atom stereocenters. The van der Waals surface area contributed by atoms with E-state index in [1.807, 2.05) is 30.9 Å². The average Bonchev–Trinajstić information content (AvgIpc) is 2.58. The number of esters is 1. The van der Waals surface area contributed by atoms with Gasteiger partial charge in [-0.2, -0.15) is 0 Å². The molecule has 1 aliphatic rings. The van der Waals surface area contributed by atoms with Crippen molar-refractivity contribution in [2.75, 3.05) is 27.7 Å². The molecular formula is C19H29N5O3. The van der Waals surface area contributed by atoms with Crippen LogP contribution in [0.3, 0.4) is 0 Å². The highest BCUT2D eigenvalue weighted by Crippen LogP contribution is 2.30. The molecule has 0 spiro atoms. The molecule has 1 aromatic carbocycles. The smallest absolute Gasteiger partial charge is 0.308 e. The monoisotopic (exact) mass is 375 g/mol. The summed E-state index contributed by atoms with van der Waals surface area (Å²) in [4.78, 5) is 24.4. The molecule has 1 aliphatic heterocycles. The maximum atomic E-state index is 11.1. The van der Waals surface area contributed by atoms with Gasteiger partial charge in [-0.3, -0.25) is 14.7 Å². The maximum absolute atomic E-state index is 11.1. The van der Waals surface area contributed by atoms with E-state index in [2.05, 4.69) is 24.2 Å². The van der Waals surface area contributed by atoms with Gasteiger partial charge in [0.15, 0.2) is 11.5 Å². The largest absolute Gasteiger partial charge is 0.504 e. The van der Waals surface area contributed by atoms with E-state index >= 15 is 0 Å². The minimum absolute atomic E-state index is 0.0199. The Kier molecular flexibility index (Phi) is 6.65. The number of carbonyl (C=O) groups is 1. The Morgan fingerprint density at radius 3 is 2.74 bits per heavy atom. The van der Waals surface area contributed by atoms with Crippen molar-refractivity contribution in [3.8, 4) is 11.5 Å². The van der Waals surface area contributed by atoms with Crippen LogP contribution in [0.15, 0.2) is 28.2 Å². The number of aromatic hydroxyl groups is 1. The van der Waals surface area contributed by atoms with E-state index in [1.54, 1.807) is 18.2 Å². The highest BCUT2D eigenvalue weighted by Gasteiger charge is 2.26. The van der Waals surface area contributed by atoms with Crippen molar-refractivity contribution in [1.82, 2.24) is 15.1 Å². The number of guanidine groups is 2. The summed E-state index contributed by atoms with van der Waals surface area (Å²) in [6.45, 7) is 5.98. The molecule has 2 rings (SSSR count). The van der Waals surface area contributed by atoms with Gasteiger partial charge < -0.3 is 20.1 Å². The molecule has 148 valence electrons. The van der Waals surface area contributed by atoms with Gasteiger partial charge in [0.1, 0.15) is 6.17 Å². The summed E-state index contributed by atoms with van der Waals surface area (Å²) < 4.78 is 5.01. The normalized spacial score (nSPS) is 18.3. The number of benzene rings is 1. The molecule has 1 aromatic rings. The van der Waals surface area contributed by atoms with Crippen molar-refractivity contribution >= 4 is 17.9 Å². The van der Waals surface area contributed by atoms with Crippen molar-refractivity contribution < 1.29 is 14.6 Å². The number of ether oxygens (including phenoxy) is 1. The van der Waals surface area contributed by atoms with Gasteiger partial charge in [-0.25, -0.2) is 4.99 Å². The molecule has 2 N–H and O–H groups in total. The van der Waals surface area contributed by atoms with Crippen molar-refractivity contribution in [2.24, 2.45) is 15.9 Å². The molecule has 1 atom stereocenters. The second kappa shape index (κ2) is 8.75. The van der Waals surface area contributed by atoms with Gasteiger partial charge in [0.05, 0.1) is 0 Å². The van der Waals surface area contributed by atoms with Crippen molar-refractivity contribution in [3.05, 3.63) is 23.8 Å². The fourth-order valence-corrected chi connectivity index (χ4v) is 2.74. The van der Waals surface area contributed by atoms with E-state index < -0.39 is 5.97 Å². The third-order valence-corrected chi connectivity index (χ3v) is 4.16. The van der Waals surface area contributed by atoms with Gasteiger partial charge in [0.25, 0.3) is 0 Å². The summed E-state index contributed by atoms with van der Waals surface area (Å²) in [5.41, 5.74) is 0.679. The lowest BCUT2D eigenvalue weighted by atomic mass is 10.1. The average molecular weight is 375 g/mol. The molecule has 8 heteroatoms. The Morgan fingerprint density at radius 1 is 1.44 bits per heavy atom. The maximum Gasteiger partial charge on any atom is 0.308 e. The SMILES string of the molecule is CC(=O)Oc1cccc(CCN=C2NC(C(C)C)N=C(N(C)C)N2C)c1O. The van der Waals surface area contributed by atoms with Crippen molar-refractivity contribution in [3.63, 3.8) is 0 Å². The Labute approximate surface area is 160 Å². The molecule has 0 saturated carbocycles. The first-order chi connectivity index (χ1) is 12.7. The Hall–Kier alpha value is -2.77. The fourth-order valence-electron chi connectivity index (χ4n) is 2.74. The third-order valence-electron chi connectivity index (χ3n) is 4.16. The van der Waals surface area contributed by atoms with E-state index in [1.165, 1.54) is 6.92 Å². The highest BCUT2D eigenvalue weighted by molar-refractivity contribution is 6.00. The summed E-state index contributed by atoms with van der Waals surface area (Å²) in [5, 5.41) is 13.6. The van der Waals surface area contributed by atoms with E-state index in [4.69, 9.17) is 9.73 Å². The van der Waals surface area contributed by atoms with Crippen LogP contribution in [-0.4, -0.2) is 66.6 Å². The molecule has 0 amide bonds. The van der Waals surface area contributed by atoms with Crippen molar-refractivity contribution in [2.45, 2.75) is 33.4 Å². The number of nitrogens with zero attached hydrogens (tertiary/aromatic N) is 4. The zero-order valence-electron chi connectivity index (χ0n) is 16.9. The summed E-state index contributed by atoms with van der Waals surface area (Å²) in [6, 6.07) is 5.11. The van der Waals surface area contributed by atoms with Crippen LogP contribution in [-0.2, 0) is 11.2 Å². The predicted molar refractivity (Wildman–Crippen MR) is 106 cm³/mol.